The molecule has 5 nitrogen and oxygen atoms in total. The molecule has 164 valence electrons. The van der Waals surface area contributed by atoms with Gasteiger partial charge in [0.05, 0.1) is 39.2 Å². The van der Waals surface area contributed by atoms with Gasteiger partial charge in [0, 0.05) is 41.8 Å². The van der Waals surface area contributed by atoms with Crippen LogP contribution in [0.1, 0.15) is 49.3 Å². The Balaban J connectivity index is 1.18. The molecule has 3 heterocycles. The highest BCUT2D eigenvalue weighted by atomic mass is 35.5. The Hall–Kier alpha value is -1.63. The molecule has 1 aromatic carbocycles. The molecule has 3 fully saturated rings. The van der Waals surface area contributed by atoms with E-state index < -0.39 is 10.8 Å². The number of pyridine rings is 1. The minimum atomic E-state index is -0.997. The van der Waals surface area contributed by atoms with E-state index in [1.165, 1.54) is 18.4 Å². The van der Waals surface area contributed by atoms with E-state index in [0.29, 0.717) is 17.1 Å². The van der Waals surface area contributed by atoms with Crippen molar-refractivity contribution in [2.24, 2.45) is 5.41 Å². The molecular formula is C24H28ClN3O2S. The molecule has 0 bridgehead atoms. The van der Waals surface area contributed by atoms with Gasteiger partial charge in [-0.15, -0.1) is 0 Å². The molecule has 0 radical (unpaired) electrons. The van der Waals surface area contributed by atoms with Gasteiger partial charge < -0.3 is 15.3 Å². The number of hydrogen-bond donors (Lipinski definition) is 2. The summed E-state index contributed by atoms with van der Waals surface area (Å²) < 4.78 is 12.6. The van der Waals surface area contributed by atoms with Crippen LogP contribution in [0.15, 0.2) is 35.2 Å². The minimum Gasteiger partial charge on any atom is -0.394 e. The molecule has 4 aliphatic rings. The van der Waals surface area contributed by atoms with Crippen molar-refractivity contribution in [3.8, 4) is 0 Å². The van der Waals surface area contributed by atoms with E-state index in [9.17, 15) is 9.32 Å². The van der Waals surface area contributed by atoms with Crippen LogP contribution in [-0.2, 0) is 17.2 Å². The molecule has 7 heteroatoms. The lowest BCUT2D eigenvalue weighted by Crippen LogP contribution is -2.62. The number of anilines is 2. The highest BCUT2D eigenvalue weighted by molar-refractivity contribution is 7.85. The summed E-state index contributed by atoms with van der Waals surface area (Å²) in [6, 6.07) is 10.4. The average molecular weight is 458 g/mol. The zero-order valence-electron chi connectivity index (χ0n) is 17.6. The van der Waals surface area contributed by atoms with Crippen molar-refractivity contribution in [1.82, 2.24) is 4.98 Å². The monoisotopic (exact) mass is 457 g/mol. The fourth-order valence-corrected chi connectivity index (χ4v) is 7.37. The summed E-state index contributed by atoms with van der Waals surface area (Å²) in [5, 5.41) is 14.3. The molecule has 6 rings (SSSR count). The highest BCUT2D eigenvalue weighted by Gasteiger charge is 2.53. The first-order chi connectivity index (χ1) is 15.0. The average Bonchev–Trinajstić information content (AvgIpc) is 3.05. The molecule has 2 N–H and O–H groups in total. The third-order valence-corrected chi connectivity index (χ3v) is 9.61. The van der Waals surface area contributed by atoms with Crippen LogP contribution in [0.25, 0.3) is 0 Å². The smallest absolute Gasteiger partial charge is 0.131 e. The van der Waals surface area contributed by atoms with E-state index in [1.807, 2.05) is 12.1 Å². The van der Waals surface area contributed by atoms with E-state index in [0.717, 1.165) is 65.9 Å². The molecule has 31 heavy (non-hydrogen) atoms. The Morgan fingerprint density at radius 2 is 1.97 bits per heavy atom. The first-order valence-electron chi connectivity index (χ1n) is 11.3. The maximum absolute atomic E-state index is 12.6. The number of nitrogens with one attached hydrogen (secondary N) is 1. The van der Waals surface area contributed by atoms with Gasteiger partial charge in [-0.2, -0.15) is 0 Å². The topological polar surface area (TPSA) is 65.5 Å². The summed E-state index contributed by atoms with van der Waals surface area (Å²) in [5.74, 6) is 2.28. The first-order valence-corrected chi connectivity index (χ1v) is 13.0. The van der Waals surface area contributed by atoms with Gasteiger partial charge in [-0.3, -0.25) is 4.21 Å². The van der Waals surface area contributed by atoms with E-state index in [-0.39, 0.29) is 12.1 Å². The number of fused-ring (bicyclic) bond motifs is 1. The molecule has 1 spiro atoms. The third-order valence-electron chi connectivity index (χ3n) is 7.87. The van der Waals surface area contributed by atoms with Crippen LogP contribution >= 0.6 is 11.6 Å². The van der Waals surface area contributed by atoms with Crippen LogP contribution in [-0.4, -0.2) is 45.3 Å². The number of nitrogens with zero attached hydrogens (tertiary/aromatic N) is 2. The third kappa shape index (κ3) is 3.30. The van der Waals surface area contributed by atoms with Crippen molar-refractivity contribution in [3.63, 3.8) is 0 Å². The van der Waals surface area contributed by atoms with Crippen LogP contribution in [0.3, 0.4) is 0 Å². The highest BCUT2D eigenvalue weighted by Crippen LogP contribution is 2.57. The van der Waals surface area contributed by atoms with Crippen molar-refractivity contribution in [2.75, 3.05) is 35.7 Å². The SMILES string of the molecule is O=[S@@]1CCc2nc(N3CC4(CC(c5ccc(Cl)cc5)C4)C3)cc(NC3(CO)CCC3)c21. The molecule has 1 aromatic heterocycles. The number of benzene rings is 1. The molecule has 2 aromatic rings. The van der Waals surface area contributed by atoms with E-state index in [2.05, 4.69) is 28.4 Å². The largest absolute Gasteiger partial charge is 0.394 e. The fourth-order valence-electron chi connectivity index (χ4n) is 5.89. The van der Waals surface area contributed by atoms with E-state index >= 15 is 0 Å². The zero-order chi connectivity index (χ0) is 21.2. The van der Waals surface area contributed by atoms with Gasteiger partial charge >= 0.3 is 0 Å². The normalized spacial score (nSPS) is 25.5. The van der Waals surface area contributed by atoms with Crippen molar-refractivity contribution < 1.29 is 9.32 Å². The Morgan fingerprint density at radius 1 is 1.23 bits per heavy atom. The molecule has 0 unspecified atom stereocenters. The Labute approximate surface area is 190 Å². The van der Waals surface area contributed by atoms with Crippen molar-refractivity contribution >= 4 is 33.9 Å². The Bertz CT molecular complexity index is 1030. The molecule has 2 saturated carbocycles. The molecule has 1 atom stereocenters. The Kier molecular flexibility index (Phi) is 4.64. The van der Waals surface area contributed by atoms with Gasteiger partial charge in [0.25, 0.3) is 0 Å². The van der Waals surface area contributed by atoms with Crippen molar-refractivity contribution in [3.05, 3.63) is 46.6 Å². The van der Waals surface area contributed by atoms with Crippen LogP contribution in [0.2, 0.25) is 5.02 Å². The minimum absolute atomic E-state index is 0.116. The number of hydrogen-bond acceptors (Lipinski definition) is 5. The molecular weight excluding hydrogens is 430 g/mol. The van der Waals surface area contributed by atoms with Crippen LogP contribution in [0.5, 0.6) is 0 Å². The van der Waals surface area contributed by atoms with Crippen molar-refractivity contribution in [1.29, 1.82) is 0 Å². The number of aryl methyl sites for hydroxylation is 1. The number of aliphatic hydroxyl groups is 1. The van der Waals surface area contributed by atoms with Crippen molar-refractivity contribution in [2.45, 2.75) is 54.9 Å². The standard InChI is InChI=1S/C24H28ClN3O2S/c25-18-4-2-16(3-5-18)17-11-23(12-17)13-28(14-23)21-10-20(27-24(15-29)7-1-8-24)22-19(26-21)6-9-31(22)30/h2-5,10,17,29H,1,6-9,11-15H2,(H,26,27)/t31-/m1/s1. The van der Waals surface area contributed by atoms with Crippen LogP contribution < -0.4 is 10.2 Å². The molecule has 1 saturated heterocycles. The Morgan fingerprint density at radius 3 is 2.61 bits per heavy atom. The van der Waals surface area contributed by atoms with Gasteiger partial charge in [0.2, 0.25) is 0 Å². The van der Waals surface area contributed by atoms with Gasteiger partial charge in [-0.1, -0.05) is 23.7 Å². The second-order valence-corrected chi connectivity index (χ2v) is 12.0. The summed E-state index contributed by atoms with van der Waals surface area (Å²) in [7, 11) is -0.997. The molecule has 2 aliphatic heterocycles. The maximum Gasteiger partial charge on any atom is 0.131 e. The summed E-state index contributed by atoms with van der Waals surface area (Å²) in [4.78, 5) is 8.15. The lowest BCUT2D eigenvalue weighted by molar-refractivity contribution is 0.0627. The second kappa shape index (κ2) is 7.19. The first kappa shape index (κ1) is 20.0. The van der Waals surface area contributed by atoms with Gasteiger partial charge in [0.15, 0.2) is 0 Å². The quantitative estimate of drug-likeness (QED) is 0.707. The summed E-state index contributed by atoms with van der Waals surface area (Å²) in [6.45, 7) is 2.19. The number of aliphatic hydroxyl groups excluding tert-OH is 1. The number of halogens is 1. The van der Waals surface area contributed by atoms with Crippen LogP contribution in [0, 0.1) is 5.41 Å². The molecule has 0 amide bonds. The van der Waals surface area contributed by atoms with E-state index in [4.69, 9.17) is 16.6 Å². The van der Waals surface area contributed by atoms with Crippen LogP contribution in [0.4, 0.5) is 11.5 Å². The van der Waals surface area contributed by atoms with Gasteiger partial charge in [-0.05, 0) is 55.7 Å². The van der Waals surface area contributed by atoms with E-state index in [1.54, 1.807) is 0 Å². The lowest BCUT2D eigenvalue weighted by atomic mass is 9.56. The molecule has 2 aliphatic carbocycles. The summed E-state index contributed by atoms with van der Waals surface area (Å²) >= 11 is 6.03. The summed E-state index contributed by atoms with van der Waals surface area (Å²) in [5.41, 5.74) is 3.45. The summed E-state index contributed by atoms with van der Waals surface area (Å²) in [6.07, 6.45) is 6.26. The van der Waals surface area contributed by atoms with Gasteiger partial charge in [0.1, 0.15) is 5.82 Å². The number of aromatic nitrogens is 1. The fraction of sp³-hybridized carbons (Fsp3) is 0.542. The lowest BCUT2D eigenvalue weighted by Gasteiger charge is -2.59. The van der Waals surface area contributed by atoms with Gasteiger partial charge in [-0.25, -0.2) is 4.98 Å². The zero-order valence-corrected chi connectivity index (χ0v) is 19.1. The maximum atomic E-state index is 12.6. The second-order valence-electron chi connectivity index (χ2n) is 10.0. The number of rotatable bonds is 5. The predicted octanol–water partition coefficient (Wildman–Crippen LogP) is 4.11. The predicted molar refractivity (Wildman–Crippen MR) is 125 cm³/mol.